The highest BCUT2D eigenvalue weighted by atomic mass is 16.3. The zero-order chi connectivity index (χ0) is 38.0. The molecule has 13 rings (SSSR count). The summed E-state index contributed by atoms with van der Waals surface area (Å²) in [7, 11) is 0. The molecule has 58 heavy (non-hydrogen) atoms. The second-order valence-electron chi connectivity index (χ2n) is 15.5. The van der Waals surface area contributed by atoms with Gasteiger partial charge in [0.1, 0.15) is 16.7 Å². The molecule has 2 heterocycles. The van der Waals surface area contributed by atoms with Crippen molar-refractivity contribution in [2.75, 3.05) is 4.90 Å². The van der Waals surface area contributed by atoms with Gasteiger partial charge in [-0.15, -0.1) is 0 Å². The van der Waals surface area contributed by atoms with Gasteiger partial charge in [0.25, 0.3) is 0 Å². The number of benzene rings is 9. The van der Waals surface area contributed by atoms with Gasteiger partial charge < -0.3 is 13.7 Å². The molecule has 0 radical (unpaired) electrons. The smallest absolute Gasteiger partial charge is 0.159 e. The van der Waals surface area contributed by atoms with Crippen LogP contribution in [-0.4, -0.2) is 0 Å². The average Bonchev–Trinajstić information content (AvgIpc) is 4.02. The van der Waals surface area contributed by atoms with Crippen molar-refractivity contribution in [2.24, 2.45) is 0 Å². The molecule has 2 aliphatic rings. The molecule has 9 aromatic carbocycles. The number of fused-ring (bicyclic) bond motifs is 16. The van der Waals surface area contributed by atoms with Crippen molar-refractivity contribution in [2.45, 2.75) is 5.41 Å². The van der Waals surface area contributed by atoms with Gasteiger partial charge in [0.05, 0.1) is 16.8 Å². The highest BCUT2D eigenvalue weighted by molar-refractivity contribution is 6.12. The molecular formula is C55H33NO2. The Kier molecular flexibility index (Phi) is 6.37. The first-order valence-electron chi connectivity index (χ1n) is 19.9. The number of hydrogen-bond acceptors (Lipinski definition) is 3. The van der Waals surface area contributed by atoms with Crippen molar-refractivity contribution in [3.63, 3.8) is 0 Å². The molecule has 0 fully saturated rings. The molecule has 270 valence electrons. The van der Waals surface area contributed by atoms with E-state index >= 15 is 0 Å². The van der Waals surface area contributed by atoms with Crippen molar-refractivity contribution in [1.82, 2.24) is 0 Å². The number of para-hydroxylation sites is 4. The Labute approximate surface area is 334 Å². The average molecular weight is 740 g/mol. The Morgan fingerprint density at radius 2 is 0.879 bits per heavy atom. The molecule has 0 aliphatic heterocycles. The maximum Gasteiger partial charge on any atom is 0.159 e. The first-order valence-corrected chi connectivity index (χ1v) is 19.9. The lowest BCUT2D eigenvalue weighted by molar-refractivity contribution is 0.668. The quantitative estimate of drug-likeness (QED) is 0.180. The second kappa shape index (κ2) is 11.7. The van der Waals surface area contributed by atoms with E-state index in [0.29, 0.717) is 0 Å². The number of anilines is 3. The van der Waals surface area contributed by atoms with Gasteiger partial charge in [-0.05, 0) is 105 Å². The summed E-state index contributed by atoms with van der Waals surface area (Å²) >= 11 is 0. The molecule has 2 aromatic heterocycles. The van der Waals surface area contributed by atoms with E-state index in [9.17, 15) is 0 Å². The fourth-order valence-corrected chi connectivity index (χ4v) is 10.3. The SMILES string of the molecule is c1ccc(N(c2cc3c(cc2-c2ccc4oc5ccccc5c4c2)-c2ccccc2C32c3ccccc3-c3ccccc32)c2cccc3c2oc2ccccc23)cc1. The summed E-state index contributed by atoms with van der Waals surface area (Å²) in [6.07, 6.45) is 0. The van der Waals surface area contributed by atoms with E-state index in [-0.39, 0.29) is 0 Å². The Balaban J connectivity index is 1.19. The molecule has 2 aliphatic carbocycles. The van der Waals surface area contributed by atoms with Crippen molar-refractivity contribution in [3.05, 3.63) is 222 Å². The van der Waals surface area contributed by atoms with Crippen LogP contribution < -0.4 is 4.90 Å². The van der Waals surface area contributed by atoms with Crippen LogP contribution in [0.5, 0.6) is 0 Å². The fourth-order valence-electron chi connectivity index (χ4n) is 10.3. The van der Waals surface area contributed by atoms with Gasteiger partial charge in [0.15, 0.2) is 5.58 Å². The van der Waals surface area contributed by atoms with E-state index in [1.165, 1.54) is 44.5 Å². The zero-order valence-electron chi connectivity index (χ0n) is 31.3. The number of nitrogens with zero attached hydrogens (tertiary/aromatic N) is 1. The largest absolute Gasteiger partial charge is 0.456 e. The van der Waals surface area contributed by atoms with Crippen LogP contribution in [0.25, 0.3) is 77.3 Å². The predicted molar refractivity (Wildman–Crippen MR) is 237 cm³/mol. The van der Waals surface area contributed by atoms with Crippen LogP contribution in [0.2, 0.25) is 0 Å². The summed E-state index contributed by atoms with van der Waals surface area (Å²) < 4.78 is 13.2. The minimum atomic E-state index is -0.509. The monoisotopic (exact) mass is 739 g/mol. The third kappa shape index (κ3) is 4.12. The van der Waals surface area contributed by atoms with Gasteiger partial charge in [-0.25, -0.2) is 0 Å². The first-order chi connectivity index (χ1) is 28.8. The molecule has 0 atom stereocenters. The maximum atomic E-state index is 6.82. The van der Waals surface area contributed by atoms with E-state index < -0.39 is 5.41 Å². The Hall–Kier alpha value is -7.62. The first kappa shape index (κ1) is 31.6. The van der Waals surface area contributed by atoms with Crippen LogP contribution in [0.15, 0.2) is 209 Å². The minimum Gasteiger partial charge on any atom is -0.456 e. The number of rotatable bonds is 4. The molecule has 11 aromatic rings. The lowest BCUT2D eigenvalue weighted by Gasteiger charge is -2.33. The summed E-state index contributed by atoms with van der Waals surface area (Å²) in [5, 5.41) is 4.40. The Bertz CT molecular complexity index is 3430. The third-order valence-corrected chi connectivity index (χ3v) is 12.7. The Morgan fingerprint density at radius 3 is 1.59 bits per heavy atom. The molecule has 0 saturated heterocycles. The van der Waals surface area contributed by atoms with E-state index in [0.717, 1.165) is 72.1 Å². The van der Waals surface area contributed by atoms with Gasteiger partial charge >= 0.3 is 0 Å². The van der Waals surface area contributed by atoms with Crippen LogP contribution in [0.4, 0.5) is 17.1 Å². The van der Waals surface area contributed by atoms with Crippen molar-refractivity contribution < 1.29 is 8.83 Å². The standard InChI is InChI=1S/C55H33NO2/c1-2-15-35(16-3-1)56(49-26-14-22-41-39-20-7-13-28-52(39)58-54(41)49)50-33-48-43(32-42(50)34-29-30-53-44(31-34)40-21-8-12-27-51(40)57-53)38-19-6-11-25-47(38)55(48)45-23-9-4-17-36(45)37-18-5-10-24-46(37)55/h1-33H. The van der Waals surface area contributed by atoms with E-state index in [2.05, 4.69) is 193 Å². The van der Waals surface area contributed by atoms with Crippen molar-refractivity contribution in [3.8, 4) is 33.4 Å². The molecule has 0 N–H and O–H groups in total. The highest BCUT2D eigenvalue weighted by Gasteiger charge is 2.52. The van der Waals surface area contributed by atoms with Crippen molar-refractivity contribution in [1.29, 1.82) is 0 Å². The normalized spacial score (nSPS) is 13.3. The van der Waals surface area contributed by atoms with E-state index in [4.69, 9.17) is 8.83 Å². The molecule has 3 nitrogen and oxygen atoms in total. The topological polar surface area (TPSA) is 29.5 Å². The predicted octanol–water partition coefficient (Wildman–Crippen LogP) is 15.0. The van der Waals surface area contributed by atoms with Crippen LogP contribution in [0, 0.1) is 0 Å². The van der Waals surface area contributed by atoms with Crippen LogP contribution in [-0.2, 0) is 5.41 Å². The van der Waals surface area contributed by atoms with Gasteiger partial charge in [0.2, 0.25) is 0 Å². The summed E-state index contributed by atoms with van der Waals surface area (Å²) in [5.74, 6) is 0. The summed E-state index contributed by atoms with van der Waals surface area (Å²) in [4.78, 5) is 2.42. The summed E-state index contributed by atoms with van der Waals surface area (Å²) in [5.41, 5.74) is 18.6. The van der Waals surface area contributed by atoms with Crippen LogP contribution in [0.1, 0.15) is 22.3 Å². The molecule has 0 saturated carbocycles. The number of furan rings is 2. The summed E-state index contributed by atoms with van der Waals surface area (Å²) in [6, 6.07) is 72.6. The minimum absolute atomic E-state index is 0.509. The molecule has 3 heteroatoms. The van der Waals surface area contributed by atoms with Crippen molar-refractivity contribution >= 4 is 60.9 Å². The van der Waals surface area contributed by atoms with Gasteiger partial charge in [-0.2, -0.15) is 0 Å². The number of hydrogen-bond donors (Lipinski definition) is 0. The third-order valence-electron chi connectivity index (χ3n) is 12.7. The fraction of sp³-hybridized carbons (Fsp3) is 0.0182. The van der Waals surface area contributed by atoms with E-state index in [1.54, 1.807) is 0 Å². The van der Waals surface area contributed by atoms with Gasteiger partial charge in [0, 0.05) is 32.8 Å². The highest BCUT2D eigenvalue weighted by Crippen LogP contribution is 2.64. The van der Waals surface area contributed by atoms with E-state index in [1.807, 2.05) is 12.1 Å². The van der Waals surface area contributed by atoms with Crippen LogP contribution in [0.3, 0.4) is 0 Å². The lowest BCUT2D eigenvalue weighted by Crippen LogP contribution is -2.26. The molecular weight excluding hydrogens is 707 g/mol. The zero-order valence-corrected chi connectivity index (χ0v) is 31.3. The summed E-state index contributed by atoms with van der Waals surface area (Å²) in [6.45, 7) is 0. The second-order valence-corrected chi connectivity index (χ2v) is 15.5. The maximum absolute atomic E-state index is 6.82. The molecule has 0 bridgehead atoms. The molecule has 0 amide bonds. The lowest BCUT2D eigenvalue weighted by atomic mass is 9.70. The molecule has 0 unspecified atom stereocenters. The molecule has 1 spiro atoms. The van der Waals surface area contributed by atoms with Gasteiger partial charge in [-0.3, -0.25) is 0 Å². The Morgan fingerprint density at radius 1 is 0.328 bits per heavy atom. The van der Waals surface area contributed by atoms with Crippen LogP contribution >= 0.6 is 0 Å². The van der Waals surface area contributed by atoms with Gasteiger partial charge in [-0.1, -0.05) is 146 Å².